The second-order valence-corrected chi connectivity index (χ2v) is 5.23. The largest absolute Gasteiger partial charge is 0.393 e. The molecule has 1 N–H and O–H groups in total. The lowest BCUT2D eigenvalue weighted by Gasteiger charge is -2.35. The van der Waals surface area contributed by atoms with Gasteiger partial charge in [-0.2, -0.15) is 0 Å². The standard InChI is InChI=1S/C14H22N2O2/c1-11(15-7-3-4-8-15)14(18)16-9-5-6-13(10-16)12(2)17/h3-4,7-8,11-13,17H,5-6,9-10H2,1-2H3. The van der Waals surface area contributed by atoms with Crippen LogP contribution < -0.4 is 0 Å². The fourth-order valence-electron chi connectivity index (χ4n) is 2.60. The summed E-state index contributed by atoms with van der Waals surface area (Å²) < 4.78 is 1.92. The maximum Gasteiger partial charge on any atom is 0.245 e. The van der Waals surface area contributed by atoms with Crippen LogP contribution >= 0.6 is 0 Å². The van der Waals surface area contributed by atoms with Crippen LogP contribution in [-0.4, -0.2) is 39.7 Å². The molecular weight excluding hydrogens is 228 g/mol. The van der Waals surface area contributed by atoms with Gasteiger partial charge in [-0.15, -0.1) is 0 Å². The van der Waals surface area contributed by atoms with Crippen molar-refractivity contribution in [2.24, 2.45) is 5.92 Å². The van der Waals surface area contributed by atoms with E-state index in [1.807, 2.05) is 47.8 Å². The molecule has 0 saturated carbocycles. The van der Waals surface area contributed by atoms with E-state index in [1.165, 1.54) is 0 Å². The Kier molecular flexibility index (Phi) is 4.07. The molecule has 0 aliphatic carbocycles. The topological polar surface area (TPSA) is 45.5 Å². The summed E-state index contributed by atoms with van der Waals surface area (Å²) in [6.07, 6.45) is 5.50. The third-order valence-corrected chi connectivity index (χ3v) is 3.88. The second kappa shape index (κ2) is 5.57. The summed E-state index contributed by atoms with van der Waals surface area (Å²) >= 11 is 0. The maximum absolute atomic E-state index is 12.4. The Morgan fingerprint density at radius 2 is 2.00 bits per heavy atom. The molecule has 3 unspecified atom stereocenters. The molecule has 0 radical (unpaired) electrons. The van der Waals surface area contributed by atoms with Gasteiger partial charge in [0.05, 0.1) is 6.10 Å². The van der Waals surface area contributed by atoms with Gasteiger partial charge in [0.15, 0.2) is 0 Å². The summed E-state index contributed by atoms with van der Waals surface area (Å²) in [6, 6.07) is 3.70. The molecule has 4 nitrogen and oxygen atoms in total. The van der Waals surface area contributed by atoms with E-state index < -0.39 is 0 Å². The maximum atomic E-state index is 12.4. The molecule has 3 atom stereocenters. The van der Waals surface area contributed by atoms with Crippen LogP contribution in [0, 0.1) is 5.92 Å². The number of piperidine rings is 1. The van der Waals surface area contributed by atoms with Gasteiger partial charge in [0.2, 0.25) is 5.91 Å². The normalized spacial score (nSPS) is 23.7. The van der Waals surface area contributed by atoms with Crippen molar-refractivity contribution >= 4 is 5.91 Å². The van der Waals surface area contributed by atoms with Crippen LogP contribution in [0.4, 0.5) is 0 Å². The molecule has 1 amide bonds. The molecular formula is C14H22N2O2. The summed E-state index contributed by atoms with van der Waals surface area (Å²) in [5.41, 5.74) is 0. The Balaban J connectivity index is 2.00. The number of nitrogens with zero attached hydrogens (tertiary/aromatic N) is 2. The first-order valence-corrected chi connectivity index (χ1v) is 6.69. The van der Waals surface area contributed by atoms with Gasteiger partial charge in [0.25, 0.3) is 0 Å². The van der Waals surface area contributed by atoms with Crippen LogP contribution in [0.15, 0.2) is 24.5 Å². The van der Waals surface area contributed by atoms with Crippen molar-refractivity contribution in [1.82, 2.24) is 9.47 Å². The van der Waals surface area contributed by atoms with Gasteiger partial charge >= 0.3 is 0 Å². The summed E-state index contributed by atoms with van der Waals surface area (Å²) in [6.45, 7) is 5.23. The highest BCUT2D eigenvalue weighted by atomic mass is 16.3. The van der Waals surface area contributed by atoms with Crippen molar-refractivity contribution in [2.45, 2.75) is 38.8 Å². The zero-order valence-corrected chi connectivity index (χ0v) is 11.1. The van der Waals surface area contributed by atoms with E-state index in [0.29, 0.717) is 6.54 Å². The van der Waals surface area contributed by atoms with E-state index >= 15 is 0 Å². The van der Waals surface area contributed by atoms with Crippen LogP contribution in [0.3, 0.4) is 0 Å². The highest BCUT2D eigenvalue weighted by Crippen LogP contribution is 2.22. The lowest BCUT2D eigenvalue weighted by molar-refractivity contribution is -0.136. The van der Waals surface area contributed by atoms with Crippen molar-refractivity contribution in [1.29, 1.82) is 0 Å². The third kappa shape index (κ3) is 2.75. The SMILES string of the molecule is CC(O)C1CCCN(C(=O)C(C)n2cccc2)C1. The quantitative estimate of drug-likeness (QED) is 0.887. The van der Waals surface area contributed by atoms with E-state index in [1.54, 1.807) is 0 Å². The van der Waals surface area contributed by atoms with E-state index in [-0.39, 0.29) is 24.0 Å². The predicted molar refractivity (Wildman–Crippen MR) is 70.1 cm³/mol. The van der Waals surface area contributed by atoms with Crippen LogP contribution in [0.5, 0.6) is 0 Å². The number of rotatable bonds is 3. The second-order valence-electron chi connectivity index (χ2n) is 5.23. The van der Waals surface area contributed by atoms with Gasteiger partial charge in [0, 0.05) is 31.4 Å². The minimum Gasteiger partial charge on any atom is -0.393 e. The van der Waals surface area contributed by atoms with Crippen molar-refractivity contribution in [3.8, 4) is 0 Å². The van der Waals surface area contributed by atoms with Gasteiger partial charge in [-0.1, -0.05) is 0 Å². The number of hydrogen-bond acceptors (Lipinski definition) is 2. The Morgan fingerprint density at radius 3 is 2.61 bits per heavy atom. The van der Waals surface area contributed by atoms with Crippen LogP contribution in [-0.2, 0) is 4.79 Å². The molecule has 1 aliphatic heterocycles. The van der Waals surface area contributed by atoms with Crippen molar-refractivity contribution in [3.63, 3.8) is 0 Å². The molecule has 1 fully saturated rings. The molecule has 1 aromatic heterocycles. The van der Waals surface area contributed by atoms with Gasteiger partial charge in [-0.3, -0.25) is 4.79 Å². The van der Waals surface area contributed by atoms with Crippen molar-refractivity contribution in [3.05, 3.63) is 24.5 Å². The van der Waals surface area contributed by atoms with E-state index in [4.69, 9.17) is 0 Å². The molecule has 0 aromatic carbocycles. The molecule has 1 aromatic rings. The Hall–Kier alpha value is -1.29. The highest BCUT2D eigenvalue weighted by Gasteiger charge is 2.29. The number of hydrogen-bond donors (Lipinski definition) is 1. The molecule has 2 rings (SSSR count). The lowest BCUT2D eigenvalue weighted by atomic mass is 9.93. The number of aliphatic hydroxyl groups is 1. The Morgan fingerprint density at radius 1 is 1.33 bits per heavy atom. The van der Waals surface area contributed by atoms with E-state index in [2.05, 4.69) is 0 Å². The summed E-state index contributed by atoms with van der Waals surface area (Å²) in [7, 11) is 0. The number of likely N-dealkylation sites (tertiary alicyclic amines) is 1. The molecule has 4 heteroatoms. The Labute approximate surface area is 108 Å². The molecule has 0 bridgehead atoms. The van der Waals surface area contributed by atoms with Gasteiger partial charge < -0.3 is 14.6 Å². The van der Waals surface area contributed by atoms with Crippen LogP contribution in [0.2, 0.25) is 0 Å². The molecule has 1 saturated heterocycles. The van der Waals surface area contributed by atoms with E-state index in [9.17, 15) is 9.90 Å². The molecule has 2 heterocycles. The average molecular weight is 250 g/mol. The minimum atomic E-state index is -0.331. The number of carbonyl (C=O) groups excluding carboxylic acids is 1. The average Bonchev–Trinajstić information content (AvgIpc) is 2.91. The minimum absolute atomic E-state index is 0.150. The smallest absolute Gasteiger partial charge is 0.245 e. The molecule has 1 aliphatic rings. The van der Waals surface area contributed by atoms with Crippen molar-refractivity contribution < 1.29 is 9.90 Å². The zero-order valence-electron chi connectivity index (χ0n) is 11.1. The van der Waals surface area contributed by atoms with Crippen LogP contribution in [0.25, 0.3) is 0 Å². The number of amides is 1. The Bertz CT molecular complexity index is 387. The summed E-state index contributed by atoms with van der Waals surface area (Å²) in [5.74, 6) is 0.371. The summed E-state index contributed by atoms with van der Waals surface area (Å²) in [5, 5.41) is 9.66. The fraction of sp³-hybridized carbons (Fsp3) is 0.643. The highest BCUT2D eigenvalue weighted by molar-refractivity contribution is 5.80. The van der Waals surface area contributed by atoms with E-state index in [0.717, 1.165) is 19.4 Å². The van der Waals surface area contributed by atoms with Gasteiger partial charge in [0.1, 0.15) is 6.04 Å². The number of aliphatic hydroxyl groups excluding tert-OH is 1. The van der Waals surface area contributed by atoms with Crippen molar-refractivity contribution in [2.75, 3.05) is 13.1 Å². The first kappa shape index (κ1) is 13.1. The van der Waals surface area contributed by atoms with Gasteiger partial charge in [-0.25, -0.2) is 0 Å². The first-order chi connectivity index (χ1) is 8.59. The first-order valence-electron chi connectivity index (χ1n) is 6.69. The molecule has 0 spiro atoms. The molecule has 100 valence electrons. The fourth-order valence-corrected chi connectivity index (χ4v) is 2.60. The lowest BCUT2D eigenvalue weighted by Crippen LogP contribution is -2.45. The predicted octanol–water partition coefficient (Wildman–Crippen LogP) is 1.67. The van der Waals surface area contributed by atoms with Crippen LogP contribution in [0.1, 0.15) is 32.7 Å². The third-order valence-electron chi connectivity index (χ3n) is 3.88. The number of carbonyl (C=O) groups is 1. The van der Waals surface area contributed by atoms with Gasteiger partial charge in [-0.05, 0) is 38.8 Å². The summed E-state index contributed by atoms with van der Waals surface area (Å²) in [4.78, 5) is 14.3. The monoisotopic (exact) mass is 250 g/mol. The number of aromatic nitrogens is 1. The zero-order chi connectivity index (χ0) is 13.1. The molecule has 18 heavy (non-hydrogen) atoms.